The minimum Gasteiger partial charge on any atom is -0.252 e. The van der Waals surface area contributed by atoms with Crippen molar-refractivity contribution in [1.82, 2.24) is 4.98 Å². The highest BCUT2D eigenvalue weighted by atomic mass is 19.3. The summed E-state index contributed by atoms with van der Waals surface area (Å²) in [6, 6.07) is 1.04. The summed E-state index contributed by atoms with van der Waals surface area (Å²) < 4.78 is 36.2. The van der Waals surface area contributed by atoms with Gasteiger partial charge in [0.1, 0.15) is 11.5 Å². The monoisotopic (exact) mass is 161 g/mol. The standard InChI is InChI=1S/C7H6F3N/c1-4-2-6(7(9)10)11-3-5(4)8/h2-3,7H,1H3. The maximum absolute atomic E-state index is 12.5. The Labute approximate surface area is 61.9 Å². The molecule has 0 aliphatic heterocycles. The molecule has 0 amide bonds. The maximum atomic E-state index is 12.5. The van der Waals surface area contributed by atoms with Crippen molar-refractivity contribution in [2.45, 2.75) is 13.3 Å². The molecule has 0 unspecified atom stereocenters. The van der Waals surface area contributed by atoms with Crippen LogP contribution in [0.15, 0.2) is 12.3 Å². The van der Waals surface area contributed by atoms with Gasteiger partial charge in [0.2, 0.25) is 0 Å². The molecule has 0 aromatic carbocycles. The Morgan fingerprint density at radius 3 is 2.55 bits per heavy atom. The van der Waals surface area contributed by atoms with Crippen LogP contribution >= 0.6 is 0 Å². The van der Waals surface area contributed by atoms with Gasteiger partial charge in [0.05, 0.1) is 6.20 Å². The lowest BCUT2D eigenvalue weighted by molar-refractivity contribution is 0.146. The van der Waals surface area contributed by atoms with Crippen LogP contribution in [-0.4, -0.2) is 4.98 Å². The van der Waals surface area contributed by atoms with E-state index in [0.29, 0.717) is 0 Å². The molecule has 1 rings (SSSR count). The lowest BCUT2D eigenvalue weighted by Gasteiger charge is -1.99. The first kappa shape index (κ1) is 8.04. The highest BCUT2D eigenvalue weighted by molar-refractivity contribution is 5.16. The van der Waals surface area contributed by atoms with Gasteiger partial charge in [0, 0.05) is 0 Å². The van der Waals surface area contributed by atoms with Gasteiger partial charge in [0.25, 0.3) is 6.43 Å². The molecule has 0 bridgehead atoms. The van der Waals surface area contributed by atoms with E-state index in [-0.39, 0.29) is 11.3 Å². The number of hydrogen-bond donors (Lipinski definition) is 0. The van der Waals surface area contributed by atoms with Gasteiger partial charge in [-0.15, -0.1) is 0 Å². The third kappa shape index (κ3) is 1.69. The third-order valence-corrected chi connectivity index (χ3v) is 1.29. The van der Waals surface area contributed by atoms with Gasteiger partial charge in [-0.25, -0.2) is 13.2 Å². The van der Waals surface area contributed by atoms with Crippen LogP contribution in [0.5, 0.6) is 0 Å². The van der Waals surface area contributed by atoms with Crippen LogP contribution in [0.3, 0.4) is 0 Å². The lowest BCUT2D eigenvalue weighted by Crippen LogP contribution is -1.92. The first-order valence-electron chi connectivity index (χ1n) is 3.01. The third-order valence-electron chi connectivity index (χ3n) is 1.29. The first-order chi connectivity index (χ1) is 5.11. The average Bonchev–Trinajstić information content (AvgIpc) is 1.94. The molecular weight excluding hydrogens is 155 g/mol. The average molecular weight is 161 g/mol. The molecule has 0 radical (unpaired) electrons. The predicted octanol–water partition coefficient (Wildman–Crippen LogP) is 2.47. The molecule has 0 N–H and O–H groups in total. The van der Waals surface area contributed by atoms with Gasteiger partial charge in [0.15, 0.2) is 0 Å². The summed E-state index contributed by atoms with van der Waals surface area (Å²) in [5, 5.41) is 0. The van der Waals surface area contributed by atoms with Crippen molar-refractivity contribution < 1.29 is 13.2 Å². The van der Waals surface area contributed by atoms with Crippen LogP contribution < -0.4 is 0 Å². The van der Waals surface area contributed by atoms with Crippen molar-refractivity contribution in [3.8, 4) is 0 Å². The van der Waals surface area contributed by atoms with Crippen molar-refractivity contribution in [3.05, 3.63) is 29.3 Å². The van der Waals surface area contributed by atoms with E-state index in [0.717, 1.165) is 12.3 Å². The molecule has 0 fully saturated rings. The molecule has 0 spiro atoms. The maximum Gasteiger partial charge on any atom is 0.280 e. The van der Waals surface area contributed by atoms with Crippen LogP contribution in [-0.2, 0) is 0 Å². The zero-order valence-corrected chi connectivity index (χ0v) is 5.81. The van der Waals surface area contributed by atoms with E-state index in [2.05, 4.69) is 4.98 Å². The summed E-state index contributed by atoms with van der Waals surface area (Å²) in [6.45, 7) is 1.42. The molecule has 0 aliphatic carbocycles. The summed E-state index contributed by atoms with van der Waals surface area (Å²) in [5.74, 6) is -0.561. The lowest BCUT2D eigenvalue weighted by atomic mass is 10.2. The highest BCUT2D eigenvalue weighted by Gasteiger charge is 2.09. The van der Waals surface area contributed by atoms with Crippen molar-refractivity contribution in [3.63, 3.8) is 0 Å². The Morgan fingerprint density at radius 1 is 1.45 bits per heavy atom. The Hall–Kier alpha value is -1.06. The summed E-state index contributed by atoms with van der Waals surface area (Å²) in [5.41, 5.74) is -0.195. The molecule has 1 nitrogen and oxygen atoms in total. The van der Waals surface area contributed by atoms with Crippen LogP contribution in [0.2, 0.25) is 0 Å². The van der Waals surface area contributed by atoms with E-state index in [1.807, 2.05) is 0 Å². The molecule has 0 aliphatic rings. The molecule has 11 heavy (non-hydrogen) atoms. The quantitative estimate of drug-likeness (QED) is 0.616. The summed E-state index contributed by atoms with van der Waals surface area (Å²) in [4.78, 5) is 3.21. The molecule has 1 heterocycles. The minimum atomic E-state index is -2.63. The normalized spacial score (nSPS) is 10.6. The van der Waals surface area contributed by atoms with Crippen molar-refractivity contribution >= 4 is 0 Å². The topological polar surface area (TPSA) is 12.9 Å². The molecule has 60 valence electrons. The summed E-state index contributed by atoms with van der Waals surface area (Å²) in [6.07, 6.45) is -1.83. The van der Waals surface area contributed by atoms with E-state index in [1.54, 1.807) is 0 Å². The van der Waals surface area contributed by atoms with E-state index < -0.39 is 12.2 Å². The number of nitrogens with zero attached hydrogens (tertiary/aromatic N) is 1. The van der Waals surface area contributed by atoms with Crippen molar-refractivity contribution in [2.75, 3.05) is 0 Å². The van der Waals surface area contributed by atoms with E-state index >= 15 is 0 Å². The van der Waals surface area contributed by atoms with Crippen molar-refractivity contribution in [2.24, 2.45) is 0 Å². The molecule has 0 saturated heterocycles. The zero-order chi connectivity index (χ0) is 8.43. The molecule has 1 aromatic heterocycles. The SMILES string of the molecule is Cc1cc(C(F)F)ncc1F. The minimum absolute atomic E-state index is 0.190. The van der Waals surface area contributed by atoms with Crippen LogP contribution in [0, 0.1) is 12.7 Å². The Kier molecular flexibility index (Phi) is 2.12. The molecule has 0 saturated carbocycles. The molecule has 4 heteroatoms. The number of aromatic nitrogens is 1. The van der Waals surface area contributed by atoms with Gasteiger partial charge in [-0.3, -0.25) is 4.98 Å². The zero-order valence-electron chi connectivity index (χ0n) is 5.81. The largest absolute Gasteiger partial charge is 0.280 e. The van der Waals surface area contributed by atoms with Crippen LogP contribution in [0.25, 0.3) is 0 Å². The predicted molar refractivity (Wildman–Crippen MR) is 33.9 cm³/mol. The van der Waals surface area contributed by atoms with Crippen molar-refractivity contribution in [1.29, 1.82) is 0 Å². The van der Waals surface area contributed by atoms with Gasteiger partial charge < -0.3 is 0 Å². The smallest absolute Gasteiger partial charge is 0.252 e. The second-order valence-electron chi connectivity index (χ2n) is 2.16. The number of hydrogen-bond acceptors (Lipinski definition) is 1. The fraction of sp³-hybridized carbons (Fsp3) is 0.286. The van der Waals surface area contributed by atoms with Crippen LogP contribution in [0.4, 0.5) is 13.2 Å². The van der Waals surface area contributed by atoms with Crippen LogP contribution in [0.1, 0.15) is 17.7 Å². The Bertz CT molecular complexity index is 260. The number of rotatable bonds is 1. The Balaban J connectivity index is 3.05. The summed E-state index contributed by atoms with van der Waals surface area (Å²) in [7, 11) is 0. The first-order valence-corrected chi connectivity index (χ1v) is 3.01. The summed E-state index contributed by atoms with van der Waals surface area (Å²) >= 11 is 0. The second-order valence-corrected chi connectivity index (χ2v) is 2.16. The Morgan fingerprint density at radius 2 is 2.09 bits per heavy atom. The van der Waals surface area contributed by atoms with E-state index in [4.69, 9.17) is 0 Å². The number of pyridine rings is 1. The number of alkyl halides is 2. The van der Waals surface area contributed by atoms with E-state index in [9.17, 15) is 13.2 Å². The molecule has 1 aromatic rings. The van der Waals surface area contributed by atoms with E-state index in [1.165, 1.54) is 6.92 Å². The van der Waals surface area contributed by atoms with Gasteiger partial charge in [-0.1, -0.05) is 0 Å². The molecular formula is C7H6F3N. The fourth-order valence-electron chi connectivity index (χ4n) is 0.680. The number of halogens is 3. The van der Waals surface area contributed by atoms with Gasteiger partial charge >= 0.3 is 0 Å². The fourth-order valence-corrected chi connectivity index (χ4v) is 0.680. The van der Waals surface area contributed by atoms with Gasteiger partial charge in [-0.2, -0.15) is 0 Å². The number of aryl methyl sites for hydroxylation is 1. The highest BCUT2D eigenvalue weighted by Crippen LogP contribution is 2.17. The second kappa shape index (κ2) is 2.90. The van der Waals surface area contributed by atoms with Gasteiger partial charge in [-0.05, 0) is 18.6 Å². The molecule has 0 atom stereocenters.